The molecule has 0 aliphatic carbocycles. The smallest absolute Gasteiger partial charge is 0.322 e. The van der Waals surface area contributed by atoms with Gasteiger partial charge in [0.05, 0.1) is 4.92 Å². The Bertz CT molecular complexity index is 328. The summed E-state index contributed by atoms with van der Waals surface area (Å²) in [4.78, 5) is 23.1. The average molecular weight is 215 g/mol. The monoisotopic (exact) mass is 215 g/mol. The van der Waals surface area contributed by atoms with Crippen LogP contribution in [0, 0.1) is 10.1 Å². The van der Waals surface area contributed by atoms with Gasteiger partial charge in [-0.2, -0.15) is 0 Å². The Balaban J connectivity index is 2.36. The Morgan fingerprint density at radius 1 is 1.57 bits per heavy atom. The Kier molecular flexibility index (Phi) is 2.32. The van der Waals surface area contributed by atoms with Crippen LogP contribution in [0.2, 0.25) is 0 Å². The summed E-state index contributed by atoms with van der Waals surface area (Å²) in [5, 5.41) is 13.7. The second kappa shape index (κ2) is 3.49. The number of carbonyl (C=O) groups excluding carboxylic acids is 1. The van der Waals surface area contributed by atoms with Gasteiger partial charge in [-0.3, -0.25) is 15.0 Å². The third-order valence-corrected chi connectivity index (χ3v) is 3.35. The van der Waals surface area contributed by atoms with E-state index in [0.717, 1.165) is 12.2 Å². The number of nitrogens with zero attached hydrogens (tertiary/aromatic N) is 2. The van der Waals surface area contributed by atoms with E-state index in [4.69, 9.17) is 0 Å². The van der Waals surface area contributed by atoms with Crippen molar-refractivity contribution < 1.29 is 9.72 Å². The highest BCUT2D eigenvalue weighted by Crippen LogP contribution is 2.31. The summed E-state index contributed by atoms with van der Waals surface area (Å²) in [5.74, 6) is 0.844. The molecule has 2 aliphatic heterocycles. The lowest BCUT2D eigenvalue weighted by molar-refractivity contribution is -0.427. The molecule has 1 N–H and O–H groups in total. The molecule has 0 atom stereocenters. The van der Waals surface area contributed by atoms with Crippen molar-refractivity contribution in [2.45, 2.75) is 6.42 Å². The van der Waals surface area contributed by atoms with E-state index in [9.17, 15) is 14.9 Å². The predicted molar refractivity (Wildman–Crippen MR) is 51.2 cm³/mol. The van der Waals surface area contributed by atoms with E-state index in [0.29, 0.717) is 11.6 Å². The van der Waals surface area contributed by atoms with Crippen LogP contribution < -0.4 is 5.32 Å². The molecule has 2 amide bonds. The van der Waals surface area contributed by atoms with Gasteiger partial charge in [-0.05, 0) is 6.42 Å². The van der Waals surface area contributed by atoms with E-state index in [1.54, 1.807) is 0 Å². The van der Waals surface area contributed by atoms with Gasteiger partial charge in [0, 0.05) is 12.3 Å². The number of nitro groups is 1. The highest BCUT2D eigenvalue weighted by atomic mass is 32.2. The molecule has 2 heterocycles. The van der Waals surface area contributed by atoms with Crippen molar-refractivity contribution >= 4 is 17.8 Å². The summed E-state index contributed by atoms with van der Waals surface area (Å²) in [6.07, 6.45) is 0.882. The topological polar surface area (TPSA) is 75.5 Å². The van der Waals surface area contributed by atoms with E-state index in [1.165, 1.54) is 16.7 Å². The Morgan fingerprint density at radius 3 is 3.07 bits per heavy atom. The van der Waals surface area contributed by atoms with Crippen LogP contribution in [0.1, 0.15) is 6.42 Å². The molecule has 14 heavy (non-hydrogen) atoms. The van der Waals surface area contributed by atoms with E-state index < -0.39 is 4.92 Å². The number of nitrogens with one attached hydrogen (secondary N) is 1. The number of urea groups is 1. The molecular weight excluding hydrogens is 206 g/mol. The first-order chi connectivity index (χ1) is 6.70. The summed E-state index contributed by atoms with van der Waals surface area (Å²) in [6.45, 7) is 0.607. The molecule has 2 aliphatic rings. The van der Waals surface area contributed by atoms with Crippen LogP contribution in [-0.2, 0) is 0 Å². The molecule has 0 saturated carbocycles. The number of hydrogen-bond acceptors (Lipinski definition) is 4. The summed E-state index contributed by atoms with van der Waals surface area (Å²) in [6, 6.07) is -0.224. The Hall–Kier alpha value is -1.24. The first-order valence-corrected chi connectivity index (χ1v) is 5.24. The van der Waals surface area contributed by atoms with Crippen LogP contribution in [0.5, 0.6) is 0 Å². The number of amides is 2. The Morgan fingerprint density at radius 2 is 2.36 bits per heavy atom. The lowest BCUT2D eigenvalue weighted by Gasteiger charge is -2.31. The summed E-state index contributed by atoms with van der Waals surface area (Å²) >= 11 is 1.39. The lowest BCUT2D eigenvalue weighted by Crippen LogP contribution is -2.47. The van der Waals surface area contributed by atoms with E-state index in [-0.39, 0.29) is 18.3 Å². The van der Waals surface area contributed by atoms with Crippen LogP contribution in [0.15, 0.2) is 10.7 Å². The van der Waals surface area contributed by atoms with Crippen molar-refractivity contribution in [1.82, 2.24) is 10.2 Å². The fourth-order valence-corrected chi connectivity index (χ4v) is 2.59. The molecule has 2 rings (SSSR count). The zero-order valence-corrected chi connectivity index (χ0v) is 8.17. The molecular formula is C7H9N3O3S. The van der Waals surface area contributed by atoms with Gasteiger partial charge in [0.1, 0.15) is 6.54 Å². The zero-order chi connectivity index (χ0) is 10.1. The largest absolute Gasteiger partial charge is 0.327 e. The minimum Gasteiger partial charge on any atom is -0.327 e. The number of fused-ring (bicyclic) bond motifs is 1. The summed E-state index contributed by atoms with van der Waals surface area (Å²) in [7, 11) is 0. The quantitative estimate of drug-likeness (QED) is 0.513. The molecule has 76 valence electrons. The minimum absolute atomic E-state index is 0.0324. The van der Waals surface area contributed by atoms with Gasteiger partial charge in [0.25, 0.3) is 5.70 Å². The molecule has 0 aromatic heterocycles. The highest BCUT2D eigenvalue weighted by molar-refractivity contribution is 8.03. The maximum Gasteiger partial charge on any atom is 0.322 e. The SMILES string of the molecule is O=C1NCC([N+](=O)[O-])=C2SCCCN12. The van der Waals surface area contributed by atoms with Crippen LogP contribution in [-0.4, -0.2) is 34.7 Å². The summed E-state index contributed by atoms with van der Waals surface area (Å²) < 4.78 is 0. The van der Waals surface area contributed by atoms with E-state index in [1.807, 2.05) is 0 Å². The number of thioether (sulfide) groups is 1. The van der Waals surface area contributed by atoms with Crippen molar-refractivity contribution in [3.05, 3.63) is 20.8 Å². The van der Waals surface area contributed by atoms with Gasteiger partial charge >= 0.3 is 6.03 Å². The zero-order valence-electron chi connectivity index (χ0n) is 7.36. The second-order valence-electron chi connectivity index (χ2n) is 3.02. The molecule has 0 aromatic rings. The molecule has 1 saturated heterocycles. The first kappa shape index (κ1) is 9.32. The van der Waals surface area contributed by atoms with Gasteiger partial charge in [0.15, 0.2) is 5.03 Å². The lowest BCUT2D eigenvalue weighted by atomic mass is 10.3. The first-order valence-electron chi connectivity index (χ1n) is 4.26. The van der Waals surface area contributed by atoms with E-state index in [2.05, 4.69) is 5.32 Å². The molecule has 7 heteroatoms. The van der Waals surface area contributed by atoms with E-state index >= 15 is 0 Å². The molecule has 1 fully saturated rings. The second-order valence-corrected chi connectivity index (χ2v) is 4.10. The standard InChI is InChI=1S/C7H9N3O3S/c11-7-8-4-5(10(12)13)6-9(7)2-1-3-14-6/h1-4H2,(H,8,11). The highest BCUT2D eigenvalue weighted by Gasteiger charge is 2.34. The van der Waals surface area contributed by atoms with Gasteiger partial charge in [-0.15, -0.1) is 11.8 Å². The fourth-order valence-electron chi connectivity index (χ4n) is 1.48. The van der Waals surface area contributed by atoms with Crippen LogP contribution in [0.25, 0.3) is 0 Å². The van der Waals surface area contributed by atoms with Crippen LogP contribution in [0.3, 0.4) is 0 Å². The van der Waals surface area contributed by atoms with Crippen LogP contribution >= 0.6 is 11.8 Å². The number of rotatable bonds is 1. The van der Waals surface area contributed by atoms with Crippen molar-refractivity contribution in [1.29, 1.82) is 0 Å². The normalized spacial score (nSPS) is 21.7. The molecule has 0 radical (unpaired) electrons. The van der Waals surface area contributed by atoms with Gasteiger partial charge in [0.2, 0.25) is 0 Å². The summed E-state index contributed by atoms with van der Waals surface area (Å²) in [5.41, 5.74) is 0.106. The maximum atomic E-state index is 11.3. The Labute approximate surface area is 84.5 Å². The van der Waals surface area contributed by atoms with Gasteiger partial charge in [-0.1, -0.05) is 0 Å². The molecule has 0 unspecified atom stereocenters. The average Bonchev–Trinajstić information content (AvgIpc) is 2.18. The van der Waals surface area contributed by atoms with Gasteiger partial charge < -0.3 is 5.32 Å². The minimum atomic E-state index is -0.417. The fraction of sp³-hybridized carbons (Fsp3) is 0.571. The number of hydrogen-bond donors (Lipinski definition) is 1. The molecule has 6 nitrogen and oxygen atoms in total. The van der Waals surface area contributed by atoms with Crippen LogP contribution in [0.4, 0.5) is 4.79 Å². The predicted octanol–water partition coefficient (Wildman–Crippen LogP) is 0.594. The molecule has 0 aromatic carbocycles. The molecule has 0 bridgehead atoms. The van der Waals surface area contributed by atoms with Crippen molar-refractivity contribution in [3.8, 4) is 0 Å². The van der Waals surface area contributed by atoms with Gasteiger partial charge in [-0.25, -0.2) is 4.79 Å². The number of carbonyl (C=O) groups is 1. The van der Waals surface area contributed by atoms with Crippen molar-refractivity contribution in [2.24, 2.45) is 0 Å². The maximum absolute atomic E-state index is 11.3. The van der Waals surface area contributed by atoms with Crippen molar-refractivity contribution in [2.75, 3.05) is 18.8 Å². The third-order valence-electron chi connectivity index (χ3n) is 2.13. The molecule has 0 spiro atoms. The van der Waals surface area contributed by atoms with Crippen molar-refractivity contribution in [3.63, 3.8) is 0 Å². The third kappa shape index (κ3) is 1.43.